The molecule has 24 heavy (non-hydrogen) atoms. The average molecular weight is 342 g/mol. The van der Waals surface area contributed by atoms with Gasteiger partial charge in [0.25, 0.3) is 0 Å². The van der Waals surface area contributed by atoms with E-state index in [1.54, 1.807) is 41.8 Å². The van der Waals surface area contributed by atoms with Crippen molar-refractivity contribution < 1.29 is 4.92 Å². The van der Waals surface area contributed by atoms with Crippen LogP contribution in [0.3, 0.4) is 0 Å². The van der Waals surface area contributed by atoms with E-state index in [9.17, 15) is 10.1 Å². The zero-order chi connectivity index (χ0) is 17.1. The fourth-order valence-corrected chi connectivity index (χ4v) is 3.62. The molecule has 6 nitrogen and oxygen atoms in total. The van der Waals surface area contributed by atoms with E-state index < -0.39 is 0 Å². The highest BCUT2D eigenvalue weighted by Crippen LogP contribution is 2.33. The molecule has 1 aromatic carbocycles. The molecule has 0 amide bonds. The molecule has 2 aromatic heterocycles. The summed E-state index contributed by atoms with van der Waals surface area (Å²) in [5, 5.41) is 17.4. The highest BCUT2D eigenvalue weighted by Gasteiger charge is 2.21. The number of nitrogens with zero attached hydrogens (tertiary/aromatic N) is 3. The van der Waals surface area contributed by atoms with Crippen molar-refractivity contribution >= 4 is 33.6 Å². The second-order valence-corrected chi connectivity index (χ2v) is 6.64. The van der Waals surface area contributed by atoms with Crippen LogP contribution in [-0.4, -0.2) is 35.4 Å². The first-order valence-electron chi connectivity index (χ1n) is 7.53. The topological polar surface area (TPSA) is 71.3 Å². The van der Waals surface area contributed by atoms with E-state index in [-0.39, 0.29) is 16.7 Å². The number of likely N-dealkylation sites (N-methyl/N-ethyl adjacent to an activating group) is 1. The van der Waals surface area contributed by atoms with E-state index in [0.717, 1.165) is 0 Å². The zero-order valence-corrected chi connectivity index (χ0v) is 14.3. The van der Waals surface area contributed by atoms with Crippen molar-refractivity contribution in [2.45, 2.75) is 6.04 Å². The van der Waals surface area contributed by atoms with Crippen LogP contribution < -0.4 is 5.32 Å². The van der Waals surface area contributed by atoms with E-state index in [1.165, 1.54) is 4.88 Å². The van der Waals surface area contributed by atoms with Crippen molar-refractivity contribution in [2.75, 3.05) is 26.0 Å². The standard InChI is InChI=1S/C17H18N4O2S/c1-20(2)15(16-6-4-10-24-16)11-19-14-8-7-13-12(5-3-9-18-13)17(14)21(22)23/h3-10,15,19H,11H2,1-2H3/t15-/m0/s1. The number of nitro groups is 1. The maximum atomic E-state index is 11.6. The summed E-state index contributed by atoms with van der Waals surface area (Å²) in [4.78, 5) is 18.7. The van der Waals surface area contributed by atoms with Crippen molar-refractivity contribution in [1.82, 2.24) is 9.88 Å². The minimum Gasteiger partial charge on any atom is -0.378 e. The van der Waals surface area contributed by atoms with Crippen LogP contribution in [0.1, 0.15) is 10.9 Å². The first kappa shape index (κ1) is 16.4. The number of pyridine rings is 1. The Kier molecular flexibility index (Phi) is 4.73. The maximum absolute atomic E-state index is 11.6. The maximum Gasteiger partial charge on any atom is 0.301 e. The van der Waals surface area contributed by atoms with Crippen LogP contribution in [0, 0.1) is 10.1 Å². The van der Waals surface area contributed by atoms with Gasteiger partial charge in [0.1, 0.15) is 5.69 Å². The Labute approximate surface area is 143 Å². The Morgan fingerprint density at radius 2 is 2.12 bits per heavy atom. The third-order valence-corrected chi connectivity index (χ3v) is 4.89. The molecule has 0 saturated heterocycles. The molecule has 0 unspecified atom stereocenters. The zero-order valence-electron chi connectivity index (χ0n) is 13.5. The molecule has 2 heterocycles. The van der Waals surface area contributed by atoms with Crippen molar-refractivity contribution in [2.24, 2.45) is 0 Å². The summed E-state index contributed by atoms with van der Waals surface area (Å²) in [6.45, 7) is 0.583. The van der Waals surface area contributed by atoms with E-state index >= 15 is 0 Å². The number of rotatable bonds is 6. The molecule has 0 aliphatic carbocycles. The van der Waals surface area contributed by atoms with Crippen LogP contribution in [0.15, 0.2) is 48.0 Å². The lowest BCUT2D eigenvalue weighted by Crippen LogP contribution is -2.26. The van der Waals surface area contributed by atoms with Gasteiger partial charge < -0.3 is 10.2 Å². The smallest absolute Gasteiger partial charge is 0.301 e. The molecule has 3 rings (SSSR count). The minimum atomic E-state index is -0.345. The van der Waals surface area contributed by atoms with Gasteiger partial charge in [0.05, 0.1) is 21.9 Å². The summed E-state index contributed by atoms with van der Waals surface area (Å²) < 4.78 is 0. The van der Waals surface area contributed by atoms with Crippen molar-refractivity contribution in [3.05, 3.63) is 63.0 Å². The van der Waals surface area contributed by atoms with Crippen LogP contribution in [0.2, 0.25) is 0 Å². The van der Waals surface area contributed by atoms with Gasteiger partial charge in [-0.15, -0.1) is 11.3 Å². The number of nitro benzene ring substituents is 1. The summed E-state index contributed by atoms with van der Waals surface area (Å²) in [7, 11) is 4.01. The van der Waals surface area contributed by atoms with Crippen molar-refractivity contribution in [3.63, 3.8) is 0 Å². The van der Waals surface area contributed by atoms with Gasteiger partial charge >= 0.3 is 5.69 Å². The largest absolute Gasteiger partial charge is 0.378 e. The third kappa shape index (κ3) is 3.22. The van der Waals surface area contributed by atoms with Gasteiger partial charge in [-0.3, -0.25) is 15.1 Å². The predicted molar refractivity (Wildman–Crippen MR) is 97.6 cm³/mol. The number of benzene rings is 1. The first-order chi connectivity index (χ1) is 11.6. The number of hydrogen-bond acceptors (Lipinski definition) is 6. The normalized spacial score (nSPS) is 12.5. The molecule has 124 valence electrons. The molecule has 0 spiro atoms. The summed E-state index contributed by atoms with van der Waals surface area (Å²) >= 11 is 1.68. The second kappa shape index (κ2) is 6.94. The van der Waals surface area contributed by atoms with Crippen LogP contribution in [0.5, 0.6) is 0 Å². The number of anilines is 1. The van der Waals surface area contributed by atoms with Gasteiger partial charge in [-0.25, -0.2) is 0 Å². The lowest BCUT2D eigenvalue weighted by Gasteiger charge is -2.24. The molecule has 0 saturated carbocycles. The quantitative estimate of drug-likeness (QED) is 0.543. The molecule has 0 aliphatic rings. The SMILES string of the molecule is CN(C)[C@@H](CNc1ccc2ncccc2c1[N+](=O)[O-])c1cccs1. The predicted octanol–water partition coefficient (Wildman–Crippen LogP) is 3.92. The number of fused-ring (bicyclic) bond motifs is 1. The molecule has 1 atom stereocenters. The van der Waals surface area contributed by atoms with Crippen molar-refractivity contribution in [3.8, 4) is 0 Å². The van der Waals surface area contributed by atoms with Gasteiger partial charge in [-0.2, -0.15) is 0 Å². The minimum absolute atomic E-state index is 0.0734. The Hall–Kier alpha value is -2.51. The Morgan fingerprint density at radius 1 is 1.29 bits per heavy atom. The number of aromatic nitrogens is 1. The lowest BCUT2D eigenvalue weighted by molar-refractivity contribution is -0.382. The molecule has 1 N–H and O–H groups in total. The molecule has 0 radical (unpaired) electrons. The average Bonchev–Trinajstić information content (AvgIpc) is 3.08. The van der Waals surface area contributed by atoms with Crippen LogP contribution >= 0.6 is 11.3 Å². The summed E-state index contributed by atoms with van der Waals surface area (Å²) in [5.41, 5.74) is 1.21. The first-order valence-corrected chi connectivity index (χ1v) is 8.41. The van der Waals surface area contributed by atoms with E-state index in [0.29, 0.717) is 23.1 Å². The number of hydrogen-bond donors (Lipinski definition) is 1. The number of thiophene rings is 1. The van der Waals surface area contributed by atoms with Gasteiger partial charge in [0.15, 0.2) is 0 Å². The molecule has 0 aliphatic heterocycles. The lowest BCUT2D eigenvalue weighted by atomic mass is 10.1. The highest BCUT2D eigenvalue weighted by molar-refractivity contribution is 7.10. The fraction of sp³-hybridized carbons (Fsp3) is 0.235. The monoisotopic (exact) mass is 342 g/mol. The molecule has 0 fully saturated rings. The molecular weight excluding hydrogens is 324 g/mol. The molecule has 0 bridgehead atoms. The van der Waals surface area contributed by atoms with Crippen LogP contribution in [-0.2, 0) is 0 Å². The highest BCUT2D eigenvalue weighted by atomic mass is 32.1. The fourth-order valence-electron chi connectivity index (χ4n) is 2.70. The van der Waals surface area contributed by atoms with Gasteiger partial charge in [-0.05, 0) is 49.8 Å². The number of nitrogens with one attached hydrogen (secondary N) is 1. The van der Waals surface area contributed by atoms with Crippen molar-refractivity contribution in [1.29, 1.82) is 0 Å². The summed E-state index contributed by atoms with van der Waals surface area (Å²) in [5.74, 6) is 0. The van der Waals surface area contributed by atoms with Gasteiger partial charge in [0.2, 0.25) is 0 Å². The van der Waals surface area contributed by atoms with Crippen LogP contribution in [0.25, 0.3) is 10.9 Å². The van der Waals surface area contributed by atoms with E-state index in [2.05, 4.69) is 21.3 Å². The molecule has 7 heteroatoms. The van der Waals surface area contributed by atoms with E-state index in [1.807, 2.05) is 25.5 Å². The van der Waals surface area contributed by atoms with E-state index in [4.69, 9.17) is 0 Å². The second-order valence-electron chi connectivity index (χ2n) is 5.66. The Bertz CT molecular complexity index is 849. The van der Waals surface area contributed by atoms with Gasteiger partial charge in [0, 0.05) is 17.6 Å². The van der Waals surface area contributed by atoms with Crippen LogP contribution in [0.4, 0.5) is 11.4 Å². The third-order valence-electron chi connectivity index (χ3n) is 3.92. The molecular formula is C17H18N4O2S. The summed E-state index contributed by atoms with van der Waals surface area (Å²) in [6.07, 6.45) is 1.64. The molecule has 3 aromatic rings. The summed E-state index contributed by atoms with van der Waals surface area (Å²) in [6, 6.07) is 11.2. The Balaban J connectivity index is 1.92. The van der Waals surface area contributed by atoms with Gasteiger partial charge in [-0.1, -0.05) is 6.07 Å². The Morgan fingerprint density at radius 3 is 2.79 bits per heavy atom.